The van der Waals surface area contributed by atoms with Crippen molar-refractivity contribution in [3.8, 4) is 0 Å². The monoisotopic (exact) mass is 210 g/mol. The summed E-state index contributed by atoms with van der Waals surface area (Å²) in [7, 11) is 0. The third-order valence-electron chi connectivity index (χ3n) is 2.61. The molecule has 1 heterocycles. The lowest BCUT2D eigenvalue weighted by Crippen LogP contribution is -1.95. The minimum atomic E-state index is 0.617. The van der Waals surface area contributed by atoms with Crippen LogP contribution in [-0.4, -0.2) is 15.4 Å². The maximum absolute atomic E-state index is 5.83. The molecule has 0 amide bonds. The van der Waals surface area contributed by atoms with Crippen molar-refractivity contribution < 1.29 is 0 Å². The standard InChI is InChI=1S/C11H15ClN2/c1-2-9(6-12)5-11-7-13-8-14(11)10-3-4-10/h5,7-8,10H,2-4,6H2,1H3. The maximum atomic E-state index is 5.83. The number of alkyl halides is 1. The van der Waals surface area contributed by atoms with Crippen LogP contribution in [0.5, 0.6) is 0 Å². The molecule has 1 aliphatic rings. The lowest BCUT2D eigenvalue weighted by atomic mass is 10.2. The smallest absolute Gasteiger partial charge is 0.0953 e. The molecule has 14 heavy (non-hydrogen) atoms. The molecule has 0 N–H and O–H groups in total. The summed E-state index contributed by atoms with van der Waals surface area (Å²) in [5, 5.41) is 0. The molecule has 0 aliphatic heterocycles. The number of hydrogen-bond acceptors (Lipinski definition) is 1. The van der Waals surface area contributed by atoms with Crippen molar-refractivity contribution >= 4 is 17.7 Å². The molecular weight excluding hydrogens is 196 g/mol. The average molecular weight is 211 g/mol. The van der Waals surface area contributed by atoms with Crippen molar-refractivity contribution in [1.82, 2.24) is 9.55 Å². The highest BCUT2D eigenvalue weighted by Crippen LogP contribution is 2.36. The number of allylic oxidation sites excluding steroid dienone is 1. The fourth-order valence-electron chi connectivity index (χ4n) is 1.53. The molecule has 2 nitrogen and oxygen atoms in total. The Balaban J connectivity index is 2.22. The van der Waals surface area contributed by atoms with E-state index in [9.17, 15) is 0 Å². The first-order valence-electron chi connectivity index (χ1n) is 5.12. The van der Waals surface area contributed by atoms with Crippen LogP contribution in [0.3, 0.4) is 0 Å². The van der Waals surface area contributed by atoms with Crippen LogP contribution in [0.15, 0.2) is 18.1 Å². The summed E-state index contributed by atoms with van der Waals surface area (Å²) in [5.41, 5.74) is 2.47. The van der Waals surface area contributed by atoms with Crippen molar-refractivity contribution in [3.05, 3.63) is 23.8 Å². The molecule has 0 atom stereocenters. The van der Waals surface area contributed by atoms with E-state index in [4.69, 9.17) is 11.6 Å². The summed E-state index contributed by atoms with van der Waals surface area (Å²) in [6.45, 7) is 2.13. The zero-order valence-corrected chi connectivity index (χ0v) is 9.17. The minimum absolute atomic E-state index is 0.617. The van der Waals surface area contributed by atoms with Crippen molar-refractivity contribution in [2.24, 2.45) is 0 Å². The van der Waals surface area contributed by atoms with Gasteiger partial charge in [0.2, 0.25) is 0 Å². The maximum Gasteiger partial charge on any atom is 0.0953 e. The van der Waals surface area contributed by atoms with Gasteiger partial charge in [-0.1, -0.05) is 12.5 Å². The summed E-state index contributed by atoms with van der Waals surface area (Å²) in [6.07, 6.45) is 9.60. The van der Waals surface area contributed by atoms with Gasteiger partial charge in [-0.05, 0) is 25.3 Å². The van der Waals surface area contributed by atoms with Crippen molar-refractivity contribution in [2.75, 3.05) is 5.88 Å². The topological polar surface area (TPSA) is 17.8 Å². The number of rotatable bonds is 4. The Hall–Kier alpha value is -0.760. The fourth-order valence-corrected chi connectivity index (χ4v) is 1.79. The Bertz CT molecular complexity index is 331. The molecule has 0 saturated heterocycles. The molecule has 1 aromatic rings. The molecular formula is C11H15ClN2. The van der Waals surface area contributed by atoms with Gasteiger partial charge in [-0.3, -0.25) is 0 Å². The van der Waals surface area contributed by atoms with Crippen molar-refractivity contribution in [1.29, 1.82) is 0 Å². The van der Waals surface area contributed by atoms with E-state index in [1.54, 1.807) is 0 Å². The van der Waals surface area contributed by atoms with E-state index in [2.05, 4.69) is 22.6 Å². The molecule has 1 fully saturated rings. The van der Waals surface area contributed by atoms with Gasteiger partial charge in [0.1, 0.15) is 0 Å². The van der Waals surface area contributed by atoms with E-state index in [-0.39, 0.29) is 0 Å². The first-order chi connectivity index (χ1) is 6.85. The quantitative estimate of drug-likeness (QED) is 0.698. The third kappa shape index (κ3) is 2.01. The lowest BCUT2D eigenvalue weighted by Gasteiger charge is -2.03. The molecule has 3 heteroatoms. The molecule has 0 spiro atoms. The van der Waals surface area contributed by atoms with Crippen LogP contribution in [0, 0.1) is 0 Å². The summed E-state index contributed by atoms with van der Waals surface area (Å²) in [6, 6.07) is 0.692. The predicted octanol–water partition coefficient (Wildman–Crippen LogP) is 3.25. The molecule has 0 aromatic carbocycles. The van der Waals surface area contributed by atoms with Crippen LogP contribution in [-0.2, 0) is 0 Å². The normalized spacial score (nSPS) is 17.4. The Labute approximate surface area is 89.6 Å². The summed E-state index contributed by atoms with van der Waals surface area (Å²) < 4.78 is 2.25. The van der Waals surface area contributed by atoms with Gasteiger partial charge >= 0.3 is 0 Å². The fraction of sp³-hybridized carbons (Fsp3) is 0.545. The van der Waals surface area contributed by atoms with Crippen LogP contribution in [0.2, 0.25) is 0 Å². The number of hydrogen-bond donors (Lipinski definition) is 0. The second-order valence-corrected chi connectivity index (χ2v) is 4.01. The zero-order chi connectivity index (χ0) is 9.97. The molecule has 0 bridgehead atoms. The average Bonchev–Trinajstić information content (AvgIpc) is 2.95. The molecule has 1 saturated carbocycles. The lowest BCUT2D eigenvalue weighted by molar-refractivity contribution is 0.733. The molecule has 0 unspecified atom stereocenters. The van der Waals surface area contributed by atoms with Crippen LogP contribution in [0.25, 0.3) is 6.08 Å². The highest BCUT2D eigenvalue weighted by atomic mass is 35.5. The Morgan fingerprint density at radius 1 is 1.71 bits per heavy atom. The van der Waals surface area contributed by atoms with E-state index in [1.807, 2.05) is 12.5 Å². The Kier molecular flexibility index (Phi) is 2.92. The van der Waals surface area contributed by atoms with Crippen molar-refractivity contribution in [3.63, 3.8) is 0 Å². The van der Waals surface area contributed by atoms with Crippen LogP contribution >= 0.6 is 11.6 Å². The van der Waals surface area contributed by atoms with Gasteiger partial charge in [0.25, 0.3) is 0 Å². The highest BCUT2D eigenvalue weighted by Gasteiger charge is 2.24. The van der Waals surface area contributed by atoms with Gasteiger partial charge in [-0.2, -0.15) is 0 Å². The highest BCUT2D eigenvalue weighted by molar-refractivity contribution is 6.19. The SMILES string of the molecule is CCC(=Cc1cncn1C1CC1)CCl. The summed E-state index contributed by atoms with van der Waals surface area (Å²) in [5.74, 6) is 0.617. The Morgan fingerprint density at radius 3 is 3.07 bits per heavy atom. The van der Waals surface area contributed by atoms with E-state index < -0.39 is 0 Å². The van der Waals surface area contributed by atoms with Gasteiger partial charge < -0.3 is 4.57 Å². The summed E-state index contributed by atoms with van der Waals surface area (Å²) >= 11 is 5.83. The molecule has 1 aromatic heterocycles. The molecule has 1 aliphatic carbocycles. The number of halogens is 1. The molecule has 76 valence electrons. The second kappa shape index (κ2) is 4.18. The van der Waals surface area contributed by atoms with E-state index in [0.717, 1.165) is 6.42 Å². The van der Waals surface area contributed by atoms with E-state index >= 15 is 0 Å². The van der Waals surface area contributed by atoms with Gasteiger partial charge in [-0.25, -0.2) is 4.98 Å². The zero-order valence-electron chi connectivity index (χ0n) is 8.41. The first kappa shape index (κ1) is 9.78. The predicted molar refractivity (Wildman–Crippen MR) is 59.5 cm³/mol. The minimum Gasteiger partial charge on any atom is -0.328 e. The Morgan fingerprint density at radius 2 is 2.50 bits per heavy atom. The first-order valence-corrected chi connectivity index (χ1v) is 5.65. The summed E-state index contributed by atoms with van der Waals surface area (Å²) in [4.78, 5) is 4.18. The van der Waals surface area contributed by atoms with Crippen LogP contribution in [0.4, 0.5) is 0 Å². The van der Waals surface area contributed by atoms with Gasteiger partial charge in [-0.15, -0.1) is 11.6 Å². The van der Waals surface area contributed by atoms with E-state index in [1.165, 1.54) is 24.1 Å². The van der Waals surface area contributed by atoms with Gasteiger partial charge in [0.15, 0.2) is 0 Å². The number of imidazole rings is 1. The van der Waals surface area contributed by atoms with Crippen molar-refractivity contribution in [2.45, 2.75) is 32.2 Å². The number of nitrogens with zero attached hydrogens (tertiary/aromatic N) is 2. The van der Waals surface area contributed by atoms with E-state index in [0.29, 0.717) is 11.9 Å². The van der Waals surface area contributed by atoms with Crippen LogP contribution in [0.1, 0.15) is 37.9 Å². The third-order valence-corrected chi connectivity index (χ3v) is 2.96. The molecule has 2 rings (SSSR count). The number of aromatic nitrogens is 2. The van der Waals surface area contributed by atoms with Crippen LogP contribution < -0.4 is 0 Å². The van der Waals surface area contributed by atoms with Gasteiger partial charge in [0, 0.05) is 11.9 Å². The largest absolute Gasteiger partial charge is 0.328 e. The molecule has 0 radical (unpaired) electrons. The second-order valence-electron chi connectivity index (χ2n) is 3.75. The van der Waals surface area contributed by atoms with Gasteiger partial charge in [0.05, 0.1) is 18.2 Å².